The second-order valence-electron chi connectivity index (χ2n) is 11.0. The van der Waals surface area contributed by atoms with E-state index in [1.54, 1.807) is 33.8 Å². The summed E-state index contributed by atoms with van der Waals surface area (Å²) in [5.41, 5.74) is -5.50. The van der Waals surface area contributed by atoms with Gasteiger partial charge in [-0.3, -0.25) is 9.59 Å². The number of carbonyl (C=O) groups excluding carboxylic acids is 2. The summed E-state index contributed by atoms with van der Waals surface area (Å²) in [6.45, 7) is 6.70. The van der Waals surface area contributed by atoms with Crippen molar-refractivity contribution in [3.8, 4) is 0 Å². The monoisotopic (exact) mass is 448 g/mol. The van der Waals surface area contributed by atoms with Crippen LogP contribution in [0.2, 0.25) is 0 Å². The summed E-state index contributed by atoms with van der Waals surface area (Å²) >= 11 is 0. The van der Waals surface area contributed by atoms with E-state index in [0.717, 1.165) is 0 Å². The summed E-state index contributed by atoms with van der Waals surface area (Å²) < 4.78 is 29.3. The highest BCUT2D eigenvalue weighted by molar-refractivity contribution is 6.36. The zero-order chi connectivity index (χ0) is 23.5. The van der Waals surface area contributed by atoms with Crippen LogP contribution in [0.15, 0.2) is 23.8 Å². The van der Waals surface area contributed by atoms with Crippen molar-refractivity contribution in [3.63, 3.8) is 0 Å². The smallest absolute Gasteiger partial charge is 0.375 e. The summed E-state index contributed by atoms with van der Waals surface area (Å²) in [6.07, 6.45) is 3.02. The number of carboxylic acids is 1. The number of fused-ring (bicyclic) bond motifs is 7. The number of alkyl halides is 1. The van der Waals surface area contributed by atoms with E-state index in [1.165, 1.54) is 12.2 Å². The quantitative estimate of drug-likeness (QED) is 0.625. The van der Waals surface area contributed by atoms with Crippen LogP contribution in [0.25, 0.3) is 0 Å². The fraction of sp³-hybridized carbons (Fsp3) is 0.708. The first kappa shape index (κ1) is 21.9. The average Bonchev–Trinajstić information content (AvgIpc) is 3.09. The molecule has 174 valence electrons. The molecule has 32 heavy (non-hydrogen) atoms. The number of carboxylic acid groups (broad SMARTS) is 1. The molecule has 8 atom stereocenters. The number of aliphatic carboxylic acids is 1. The third-order valence-corrected chi connectivity index (χ3v) is 9.17. The molecule has 1 saturated heterocycles. The number of hydrogen-bond donors (Lipinski definition) is 2. The van der Waals surface area contributed by atoms with Gasteiger partial charge in [0.05, 0.1) is 12.2 Å². The van der Waals surface area contributed by atoms with Crippen molar-refractivity contribution >= 4 is 17.5 Å². The number of aliphatic hydroxyl groups is 1. The molecule has 0 aromatic rings. The van der Waals surface area contributed by atoms with Crippen LogP contribution in [-0.4, -0.2) is 57.0 Å². The number of carbonyl (C=O) groups is 3. The van der Waals surface area contributed by atoms with Gasteiger partial charge in [0.1, 0.15) is 0 Å². The van der Waals surface area contributed by atoms with E-state index >= 15 is 4.39 Å². The molecule has 0 spiro atoms. The summed E-state index contributed by atoms with van der Waals surface area (Å²) in [5, 5.41) is 21.0. The second-order valence-corrected chi connectivity index (χ2v) is 11.0. The van der Waals surface area contributed by atoms with Crippen LogP contribution in [0.1, 0.15) is 53.4 Å². The number of ether oxygens (including phenoxy) is 2. The number of Topliss-reactive ketones (excluding diaryl/α,β-unsaturated/α-hetero) is 1. The van der Waals surface area contributed by atoms with Gasteiger partial charge < -0.3 is 19.7 Å². The van der Waals surface area contributed by atoms with Crippen LogP contribution in [-0.2, 0) is 23.9 Å². The molecule has 1 heterocycles. The van der Waals surface area contributed by atoms with E-state index in [-0.39, 0.29) is 18.6 Å². The Morgan fingerprint density at radius 2 is 1.88 bits per heavy atom. The van der Waals surface area contributed by atoms with Crippen LogP contribution in [0.5, 0.6) is 0 Å². The van der Waals surface area contributed by atoms with Gasteiger partial charge in [0.15, 0.2) is 22.8 Å². The van der Waals surface area contributed by atoms with Crippen LogP contribution in [0.4, 0.5) is 4.39 Å². The van der Waals surface area contributed by atoms with Crippen LogP contribution in [0.3, 0.4) is 0 Å². The molecule has 3 saturated carbocycles. The minimum atomic E-state index is -2.07. The first-order valence-electron chi connectivity index (χ1n) is 11.2. The first-order chi connectivity index (χ1) is 14.7. The highest BCUT2D eigenvalue weighted by Gasteiger charge is 2.80. The molecular formula is C24H29FO7. The maximum atomic E-state index is 17.1. The Hall–Kier alpha value is -1.90. The third kappa shape index (κ3) is 2.28. The number of hydrogen-bond acceptors (Lipinski definition) is 6. The van der Waals surface area contributed by atoms with Crippen LogP contribution >= 0.6 is 0 Å². The lowest BCUT2D eigenvalue weighted by Crippen LogP contribution is -2.70. The molecule has 0 radical (unpaired) electrons. The maximum Gasteiger partial charge on any atom is 0.375 e. The second kappa shape index (κ2) is 6.15. The van der Waals surface area contributed by atoms with Gasteiger partial charge in [-0.25, -0.2) is 9.18 Å². The molecule has 0 amide bonds. The van der Waals surface area contributed by atoms with Crippen LogP contribution in [0, 0.1) is 22.7 Å². The minimum absolute atomic E-state index is 0.149. The van der Waals surface area contributed by atoms with E-state index in [1.807, 2.05) is 0 Å². The zero-order valence-corrected chi connectivity index (χ0v) is 18.7. The van der Waals surface area contributed by atoms with Crippen molar-refractivity contribution in [3.05, 3.63) is 23.8 Å². The van der Waals surface area contributed by atoms with Gasteiger partial charge in [0, 0.05) is 16.7 Å². The highest BCUT2D eigenvalue weighted by atomic mass is 19.1. The Bertz CT molecular complexity index is 1000. The van der Waals surface area contributed by atoms with Crippen molar-refractivity contribution in [1.82, 2.24) is 0 Å². The SMILES string of the molecule is CC1(C)OC2CC3C4CCC5=CC(=O)C=C[C@]5(C)[C@@]4(F)[C@@H](O)C[C@]3(C)[C@]2(C(=O)C(=O)O)O1. The average molecular weight is 448 g/mol. The van der Waals surface area contributed by atoms with Crippen molar-refractivity contribution < 1.29 is 38.5 Å². The van der Waals surface area contributed by atoms with Crippen molar-refractivity contribution in [2.24, 2.45) is 22.7 Å². The number of rotatable bonds is 2. The Morgan fingerprint density at radius 1 is 1.19 bits per heavy atom. The van der Waals surface area contributed by atoms with E-state index in [0.29, 0.717) is 18.4 Å². The van der Waals surface area contributed by atoms with Gasteiger partial charge >= 0.3 is 5.97 Å². The normalized spacial score (nSPS) is 50.7. The summed E-state index contributed by atoms with van der Waals surface area (Å²) in [5.74, 6) is -5.21. The molecule has 1 aliphatic heterocycles. The fourth-order valence-electron chi connectivity index (χ4n) is 7.86. The Kier molecular flexibility index (Phi) is 4.22. The lowest BCUT2D eigenvalue weighted by Gasteiger charge is -2.62. The molecule has 8 heteroatoms. The molecular weight excluding hydrogens is 419 g/mol. The maximum absolute atomic E-state index is 17.1. The molecule has 0 aromatic carbocycles. The summed E-state index contributed by atoms with van der Waals surface area (Å²) in [4.78, 5) is 37.0. The van der Waals surface area contributed by atoms with E-state index in [4.69, 9.17) is 9.47 Å². The number of halogens is 1. The van der Waals surface area contributed by atoms with Gasteiger partial charge in [0.25, 0.3) is 5.78 Å². The lowest BCUT2D eigenvalue weighted by molar-refractivity contribution is -0.245. The van der Waals surface area contributed by atoms with E-state index in [2.05, 4.69) is 0 Å². The number of aliphatic hydroxyl groups excluding tert-OH is 1. The number of allylic oxidation sites excluding steroid dienone is 4. The third-order valence-electron chi connectivity index (χ3n) is 9.17. The highest BCUT2D eigenvalue weighted by Crippen LogP contribution is 2.72. The standard InChI is InChI=1S/C24H29FO7/c1-20(2)31-17-10-15-14-6-5-12-9-13(26)7-8-21(12,3)23(14,25)16(27)11-22(15,4)24(17,32-20)18(28)19(29)30/h7-9,14-17,27H,5-6,10-11H2,1-4H3,(H,29,30)/t14?,15?,16-,17?,21-,22-,23-,24-/m0/s1. The van der Waals surface area contributed by atoms with Gasteiger partial charge in [-0.05, 0) is 64.5 Å². The van der Waals surface area contributed by atoms with Gasteiger partial charge in [-0.1, -0.05) is 18.6 Å². The topological polar surface area (TPSA) is 110 Å². The van der Waals surface area contributed by atoms with Gasteiger partial charge in [0.2, 0.25) is 0 Å². The van der Waals surface area contributed by atoms with Crippen molar-refractivity contribution in [2.45, 2.75) is 82.6 Å². The minimum Gasteiger partial charge on any atom is -0.475 e. The van der Waals surface area contributed by atoms with Crippen molar-refractivity contribution in [1.29, 1.82) is 0 Å². The van der Waals surface area contributed by atoms with Gasteiger partial charge in [-0.2, -0.15) is 0 Å². The molecule has 2 N–H and O–H groups in total. The molecule has 3 unspecified atom stereocenters. The summed E-state index contributed by atoms with van der Waals surface area (Å²) in [6, 6.07) is 0. The zero-order valence-electron chi connectivity index (χ0n) is 18.7. The van der Waals surface area contributed by atoms with E-state index in [9.17, 15) is 24.6 Å². The fourth-order valence-corrected chi connectivity index (χ4v) is 7.86. The Labute approximate surface area is 185 Å². The molecule has 4 fully saturated rings. The predicted octanol–water partition coefficient (Wildman–Crippen LogP) is 2.51. The molecule has 5 rings (SSSR count). The molecule has 5 aliphatic rings. The summed E-state index contributed by atoms with van der Waals surface area (Å²) in [7, 11) is 0. The first-order valence-corrected chi connectivity index (χ1v) is 11.2. The number of ketones is 2. The molecule has 4 aliphatic carbocycles. The molecule has 7 nitrogen and oxygen atoms in total. The predicted molar refractivity (Wildman–Crippen MR) is 109 cm³/mol. The van der Waals surface area contributed by atoms with E-state index < -0.39 is 63.7 Å². The van der Waals surface area contributed by atoms with Crippen molar-refractivity contribution in [2.75, 3.05) is 0 Å². The molecule has 0 aromatic heterocycles. The van der Waals surface area contributed by atoms with Crippen LogP contribution < -0.4 is 0 Å². The lowest BCUT2D eigenvalue weighted by atomic mass is 9.44. The Balaban J connectivity index is 1.65. The Morgan fingerprint density at radius 3 is 2.53 bits per heavy atom. The van der Waals surface area contributed by atoms with Gasteiger partial charge in [-0.15, -0.1) is 0 Å². The molecule has 0 bridgehead atoms. The largest absolute Gasteiger partial charge is 0.475 e.